The van der Waals surface area contributed by atoms with E-state index in [0.29, 0.717) is 23.1 Å². The molecule has 0 saturated carbocycles. The molecular weight excluding hydrogens is 286 g/mol. The lowest BCUT2D eigenvalue weighted by atomic mass is 10.2. The van der Waals surface area contributed by atoms with E-state index in [1.165, 1.54) is 0 Å². The lowest BCUT2D eigenvalue weighted by Crippen LogP contribution is -2.26. The predicted molar refractivity (Wildman–Crippen MR) is 76.9 cm³/mol. The Morgan fingerprint density at radius 1 is 1.23 bits per heavy atom. The van der Waals surface area contributed by atoms with Gasteiger partial charge in [-0.3, -0.25) is 9.59 Å². The summed E-state index contributed by atoms with van der Waals surface area (Å²) in [6, 6.07) is 10.4. The van der Waals surface area contributed by atoms with Gasteiger partial charge >= 0.3 is 5.97 Å². The molecule has 7 heteroatoms. The van der Waals surface area contributed by atoms with Gasteiger partial charge in [-0.2, -0.15) is 4.68 Å². The Hall–Kier alpha value is -2.96. The maximum atomic E-state index is 12.1. The average Bonchev–Trinajstić information content (AvgIpc) is 3.06. The van der Waals surface area contributed by atoms with Gasteiger partial charge in [0.05, 0.1) is 18.1 Å². The number of fused-ring (bicyclic) bond motifs is 1. The van der Waals surface area contributed by atoms with Crippen molar-refractivity contribution < 1.29 is 13.9 Å². The van der Waals surface area contributed by atoms with Crippen LogP contribution >= 0.6 is 0 Å². The molecule has 112 valence electrons. The van der Waals surface area contributed by atoms with Crippen LogP contribution in [0.4, 0.5) is 0 Å². The van der Waals surface area contributed by atoms with E-state index >= 15 is 0 Å². The van der Waals surface area contributed by atoms with Crippen molar-refractivity contribution >= 4 is 16.9 Å². The summed E-state index contributed by atoms with van der Waals surface area (Å²) in [5.41, 5.74) is 0.164. The molecule has 0 aliphatic rings. The Balaban J connectivity index is 1.62. The SMILES string of the molecule is O=C(CCc1ccco1)OCn1nnc2ccccc2c1=O. The number of esters is 1. The molecule has 2 heterocycles. The summed E-state index contributed by atoms with van der Waals surface area (Å²) in [6.07, 6.45) is 2.16. The first-order valence-corrected chi connectivity index (χ1v) is 6.74. The van der Waals surface area contributed by atoms with Gasteiger partial charge in [-0.05, 0) is 24.3 Å². The maximum absolute atomic E-state index is 12.1. The zero-order chi connectivity index (χ0) is 15.4. The van der Waals surface area contributed by atoms with Gasteiger partial charge in [0.1, 0.15) is 11.3 Å². The minimum Gasteiger partial charge on any atom is -0.469 e. The topological polar surface area (TPSA) is 87.2 Å². The molecule has 22 heavy (non-hydrogen) atoms. The number of aromatic nitrogens is 3. The zero-order valence-corrected chi connectivity index (χ0v) is 11.6. The third-order valence-corrected chi connectivity index (χ3v) is 3.13. The summed E-state index contributed by atoms with van der Waals surface area (Å²) < 4.78 is 11.2. The molecule has 0 radical (unpaired) electrons. The number of nitrogens with zero attached hydrogens (tertiary/aromatic N) is 3. The number of ether oxygens (including phenoxy) is 1. The highest BCUT2D eigenvalue weighted by Crippen LogP contribution is 2.05. The van der Waals surface area contributed by atoms with Crippen molar-refractivity contribution in [3.63, 3.8) is 0 Å². The van der Waals surface area contributed by atoms with Gasteiger partial charge in [0.2, 0.25) is 0 Å². The molecule has 0 fully saturated rings. The van der Waals surface area contributed by atoms with E-state index in [1.807, 2.05) is 0 Å². The van der Waals surface area contributed by atoms with Gasteiger partial charge in [0.15, 0.2) is 6.73 Å². The van der Waals surface area contributed by atoms with Gasteiger partial charge in [-0.1, -0.05) is 17.3 Å². The maximum Gasteiger partial charge on any atom is 0.308 e. The van der Waals surface area contributed by atoms with E-state index in [4.69, 9.17) is 9.15 Å². The first kappa shape index (κ1) is 14.0. The van der Waals surface area contributed by atoms with Crippen molar-refractivity contribution in [2.45, 2.75) is 19.6 Å². The molecule has 0 amide bonds. The lowest BCUT2D eigenvalue weighted by molar-refractivity contribution is -0.148. The van der Waals surface area contributed by atoms with Crippen molar-refractivity contribution in [3.05, 3.63) is 58.8 Å². The third-order valence-electron chi connectivity index (χ3n) is 3.13. The minimum atomic E-state index is -0.432. The van der Waals surface area contributed by atoms with Crippen LogP contribution in [0.3, 0.4) is 0 Å². The number of rotatable bonds is 5. The van der Waals surface area contributed by atoms with Crippen LogP contribution in [0.1, 0.15) is 12.2 Å². The van der Waals surface area contributed by atoms with E-state index < -0.39 is 5.97 Å². The van der Waals surface area contributed by atoms with E-state index in [2.05, 4.69) is 10.3 Å². The summed E-state index contributed by atoms with van der Waals surface area (Å²) >= 11 is 0. The standard InChI is InChI=1S/C15H13N3O4/c19-14(8-7-11-4-3-9-21-11)22-10-18-15(20)12-5-1-2-6-13(12)16-17-18/h1-6,9H,7-8,10H2. The fourth-order valence-corrected chi connectivity index (χ4v) is 1.99. The smallest absolute Gasteiger partial charge is 0.308 e. The molecule has 0 aliphatic heterocycles. The van der Waals surface area contributed by atoms with Crippen molar-refractivity contribution in [3.8, 4) is 0 Å². The van der Waals surface area contributed by atoms with Crippen molar-refractivity contribution in [1.82, 2.24) is 15.0 Å². The van der Waals surface area contributed by atoms with Crippen LogP contribution in [0.25, 0.3) is 10.9 Å². The van der Waals surface area contributed by atoms with Crippen molar-refractivity contribution in [1.29, 1.82) is 0 Å². The molecule has 3 aromatic rings. The fourth-order valence-electron chi connectivity index (χ4n) is 1.99. The molecule has 0 atom stereocenters. The molecule has 0 saturated heterocycles. The number of hydrogen-bond acceptors (Lipinski definition) is 6. The number of aryl methyl sites for hydroxylation is 1. The van der Waals surface area contributed by atoms with Crippen molar-refractivity contribution in [2.24, 2.45) is 0 Å². The molecule has 0 spiro atoms. The summed E-state index contributed by atoms with van der Waals surface area (Å²) in [6.45, 7) is -0.256. The summed E-state index contributed by atoms with van der Waals surface area (Å²) in [7, 11) is 0. The summed E-state index contributed by atoms with van der Waals surface area (Å²) in [5.74, 6) is 0.276. The van der Waals surface area contributed by atoms with E-state index in [0.717, 1.165) is 4.68 Å². The van der Waals surface area contributed by atoms with Crippen LogP contribution in [0, 0.1) is 0 Å². The first-order chi connectivity index (χ1) is 10.7. The molecule has 0 unspecified atom stereocenters. The Morgan fingerprint density at radius 3 is 2.91 bits per heavy atom. The minimum absolute atomic E-state index is 0.170. The largest absolute Gasteiger partial charge is 0.469 e. The summed E-state index contributed by atoms with van der Waals surface area (Å²) in [5, 5.41) is 8.09. The molecule has 0 N–H and O–H groups in total. The highest BCUT2D eigenvalue weighted by atomic mass is 16.5. The zero-order valence-electron chi connectivity index (χ0n) is 11.6. The second kappa shape index (κ2) is 6.21. The first-order valence-electron chi connectivity index (χ1n) is 6.74. The van der Waals surface area contributed by atoms with Gasteiger partial charge in [0.25, 0.3) is 5.56 Å². The van der Waals surface area contributed by atoms with Crippen molar-refractivity contribution in [2.75, 3.05) is 0 Å². The van der Waals surface area contributed by atoms with Crippen LogP contribution < -0.4 is 5.56 Å². The van der Waals surface area contributed by atoms with Gasteiger partial charge in [-0.15, -0.1) is 5.10 Å². The predicted octanol–water partition coefficient (Wildman–Crippen LogP) is 1.52. The Kier molecular flexibility index (Phi) is 3.95. The Morgan fingerprint density at radius 2 is 2.09 bits per heavy atom. The Bertz CT molecular complexity index is 839. The fraction of sp³-hybridized carbons (Fsp3) is 0.200. The Labute approximate surface area is 125 Å². The highest BCUT2D eigenvalue weighted by Gasteiger charge is 2.09. The molecule has 0 aliphatic carbocycles. The number of benzene rings is 1. The number of carbonyl (C=O) groups excluding carboxylic acids is 1. The van der Waals surface area contributed by atoms with Crippen LogP contribution in [0.5, 0.6) is 0 Å². The second-order valence-electron chi connectivity index (χ2n) is 4.64. The number of furan rings is 1. The molecular formula is C15H13N3O4. The molecule has 7 nitrogen and oxygen atoms in total. The normalized spacial score (nSPS) is 10.7. The summed E-state index contributed by atoms with van der Waals surface area (Å²) in [4.78, 5) is 23.8. The van der Waals surface area contributed by atoms with Gasteiger partial charge < -0.3 is 9.15 Å². The molecule has 0 bridgehead atoms. The van der Waals surface area contributed by atoms with E-state index in [1.54, 1.807) is 42.7 Å². The number of hydrogen-bond donors (Lipinski definition) is 0. The van der Waals surface area contributed by atoms with Crippen LogP contribution in [-0.2, 0) is 22.7 Å². The second-order valence-corrected chi connectivity index (χ2v) is 4.64. The molecule has 3 rings (SSSR count). The van der Waals surface area contributed by atoms with Crippen LogP contribution in [0.2, 0.25) is 0 Å². The lowest BCUT2D eigenvalue weighted by Gasteiger charge is -2.06. The average molecular weight is 299 g/mol. The van der Waals surface area contributed by atoms with E-state index in [-0.39, 0.29) is 18.7 Å². The third kappa shape index (κ3) is 3.03. The monoisotopic (exact) mass is 299 g/mol. The quantitative estimate of drug-likeness (QED) is 0.664. The number of carbonyl (C=O) groups is 1. The molecule has 2 aromatic heterocycles. The van der Waals surface area contributed by atoms with Crippen LogP contribution in [0.15, 0.2) is 51.9 Å². The van der Waals surface area contributed by atoms with Gasteiger partial charge in [-0.25, -0.2) is 0 Å². The van der Waals surface area contributed by atoms with E-state index in [9.17, 15) is 9.59 Å². The molecule has 1 aromatic carbocycles. The van der Waals surface area contributed by atoms with Crippen LogP contribution in [-0.4, -0.2) is 21.0 Å². The highest BCUT2D eigenvalue weighted by molar-refractivity contribution is 5.76. The van der Waals surface area contributed by atoms with Gasteiger partial charge in [0, 0.05) is 6.42 Å².